The SMILES string of the molecule is O=C(NCCc1nc(-c2c(F)cccc2F)cs1)c1ccccc1. The van der Waals surface area contributed by atoms with Gasteiger partial charge in [0, 0.05) is 23.9 Å². The van der Waals surface area contributed by atoms with Crippen LogP contribution in [0.5, 0.6) is 0 Å². The minimum atomic E-state index is -0.635. The van der Waals surface area contributed by atoms with Crippen LogP contribution in [0, 0.1) is 11.6 Å². The minimum absolute atomic E-state index is 0.117. The van der Waals surface area contributed by atoms with E-state index in [1.807, 2.05) is 6.07 Å². The molecule has 0 fully saturated rings. The molecule has 1 amide bonds. The molecule has 1 N–H and O–H groups in total. The number of nitrogens with zero attached hydrogens (tertiary/aromatic N) is 1. The second-order valence-electron chi connectivity index (χ2n) is 5.10. The van der Waals surface area contributed by atoms with Crippen molar-refractivity contribution in [2.75, 3.05) is 6.54 Å². The van der Waals surface area contributed by atoms with E-state index in [2.05, 4.69) is 10.3 Å². The summed E-state index contributed by atoms with van der Waals surface area (Å²) in [5.41, 5.74) is 0.749. The van der Waals surface area contributed by atoms with Gasteiger partial charge in [-0.15, -0.1) is 11.3 Å². The summed E-state index contributed by atoms with van der Waals surface area (Å²) >= 11 is 1.31. The summed E-state index contributed by atoms with van der Waals surface area (Å²) in [6.07, 6.45) is 0.499. The molecular weight excluding hydrogens is 330 g/mol. The Morgan fingerprint density at radius 3 is 2.46 bits per heavy atom. The smallest absolute Gasteiger partial charge is 0.251 e. The van der Waals surface area contributed by atoms with Crippen LogP contribution >= 0.6 is 11.3 Å². The largest absolute Gasteiger partial charge is 0.352 e. The highest BCUT2D eigenvalue weighted by Crippen LogP contribution is 2.27. The zero-order valence-electron chi connectivity index (χ0n) is 12.6. The molecule has 0 saturated heterocycles. The molecular formula is C18H14F2N2OS. The van der Waals surface area contributed by atoms with Gasteiger partial charge in [-0.25, -0.2) is 13.8 Å². The van der Waals surface area contributed by atoms with E-state index in [0.29, 0.717) is 23.5 Å². The van der Waals surface area contributed by atoms with Crippen molar-refractivity contribution in [3.05, 3.63) is 76.1 Å². The Morgan fingerprint density at radius 2 is 1.75 bits per heavy atom. The van der Waals surface area contributed by atoms with Gasteiger partial charge in [0.05, 0.1) is 16.3 Å². The van der Waals surface area contributed by atoms with Crippen LogP contribution in [0.1, 0.15) is 15.4 Å². The fourth-order valence-electron chi connectivity index (χ4n) is 2.26. The van der Waals surface area contributed by atoms with Gasteiger partial charge in [-0.2, -0.15) is 0 Å². The minimum Gasteiger partial charge on any atom is -0.352 e. The molecule has 3 nitrogen and oxygen atoms in total. The molecule has 24 heavy (non-hydrogen) atoms. The van der Waals surface area contributed by atoms with E-state index in [4.69, 9.17) is 0 Å². The van der Waals surface area contributed by atoms with Crippen LogP contribution in [0.2, 0.25) is 0 Å². The fourth-order valence-corrected chi connectivity index (χ4v) is 3.05. The van der Waals surface area contributed by atoms with Gasteiger partial charge < -0.3 is 5.32 Å². The molecule has 6 heteroatoms. The average Bonchev–Trinajstić information content (AvgIpc) is 3.04. The lowest BCUT2D eigenvalue weighted by Gasteiger charge is -2.03. The fraction of sp³-hybridized carbons (Fsp3) is 0.111. The van der Waals surface area contributed by atoms with Crippen LogP contribution < -0.4 is 5.32 Å². The van der Waals surface area contributed by atoms with E-state index in [1.54, 1.807) is 29.6 Å². The van der Waals surface area contributed by atoms with Gasteiger partial charge in [-0.3, -0.25) is 4.79 Å². The van der Waals surface area contributed by atoms with Gasteiger partial charge in [0.15, 0.2) is 0 Å². The lowest BCUT2D eigenvalue weighted by Crippen LogP contribution is -2.25. The summed E-state index contributed by atoms with van der Waals surface area (Å²) in [6.45, 7) is 0.403. The van der Waals surface area contributed by atoms with E-state index in [0.717, 1.165) is 0 Å². The van der Waals surface area contributed by atoms with Gasteiger partial charge in [-0.05, 0) is 24.3 Å². The highest BCUT2D eigenvalue weighted by molar-refractivity contribution is 7.09. The number of rotatable bonds is 5. The van der Waals surface area contributed by atoms with Crippen molar-refractivity contribution < 1.29 is 13.6 Å². The van der Waals surface area contributed by atoms with Crippen molar-refractivity contribution in [3.63, 3.8) is 0 Å². The molecule has 1 heterocycles. The van der Waals surface area contributed by atoms with Gasteiger partial charge in [0.25, 0.3) is 5.91 Å². The van der Waals surface area contributed by atoms with E-state index >= 15 is 0 Å². The van der Waals surface area contributed by atoms with Crippen LogP contribution in [-0.4, -0.2) is 17.4 Å². The first kappa shape index (κ1) is 16.3. The van der Waals surface area contributed by atoms with Crippen molar-refractivity contribution in [1.82, 2.24) is 10.3 Å². The number of halogens is 2. The van der Waals surface area contributed by atoms with Crippen molar-refractivity contribution in [2.45, 2.75) is 6.42 Å². The maximum Gasteiger partial charge on any atom is 0.251 e. The average molecular weight is 344 g/mol. The molecule has 122 valence electrons. The number of carbonyl (C=O) groups excluding carboxylic acids is 1. The summed E-state index contributed by atoms with van der Waals surface area (Å²) in [7, 11) is 0. The third-order valence-electron chi connectivity index (χ3n) is 3.43. The quantitative estimate of drug-likeness (QED) is 0.758. The summed E-state index contributed by atoms with van der Waals surface area (Å²) < 4.78 is 27.5. The zero-order chi connectivity index (χ0) is 16.9. The predicted octanol–water partition coefficient (Wildman–Crippen LogP) is 4.06. The standard InChI is InChI=1S/C18H14F2N2OS/c19-13-7-4-8-14(20)17(13)15-11-24-16(22-15)9-10-21-18(23)12-5-2-1-3-6-12/h1-8,11H,9-10H2,(H,21,23). The molecule has 0 atom stereocenters. The number of aromatic nitrogens is 1. The maximum atomic E-state index is 13.8. The molecule has 0 spiro atoms. The first-order chi connectivity index (χ1) is 11.6. The summed E-state index contributed by atoms with van der Waals surface area (Å²) in [6, 6.07) is 12.6. The van der Waals surface area contributed by atoms with Crippen molar-refractivity contribution in [2.24, 2.45) is 0 Å². The van der Waals surface area contributed by atoms with E-state index in [1.165, 1.54) is 29.5 Å². The molecule has 0 unspecified atom stereocenters. The van der Waals surface area contributed by atoms with Crippen LogP contribution in [0.25, 0.3) is 11.3 Å². The second-order valence-corrected chi connectivity index (χ2v) is 6.04. The topological polar surface area (TPSA) is 42.0 Å². The molecule has 0 aliphatic rings. The number of nitrogens with one attached hydrogen (secondary N) is 1. The molecule has 3 rings (SSSR count). The second kappa shape index (κ2) is 7.31. The van der Waals surface area contributed by atoms with E-state index in [9.17, 15) is 13.6 Å². The van der Waals surface area contributed by atoms with Crippen molar-refractivity contribution in [1.29, 1.82) is 0 Å². The Morgan fingerprint density at radius 1 is 1.04 bits per heavy atom. The predicted molar refractivity (Wildman–Crippen MR) is 89.9 cm³/mol. The normalized spacial score (nSPS) is 10.6. The summed E-state index contributed by atoms with van der Waals surface area (Å²) in [5, 5.41) is 5.13. The van der Waals surface area contributed by atoms with Crippen LogP contribution in [0.15, 0.2) is 53.9 Å². The molecule has 2 aromatic carbocycles. The first-order valence-electron chi connectivity index (χ1n) is 7.37. The lowest BCUT2D eigenvalue weighted by atomic mass is 10.1. The van der Waals surface area contributed by atoms with E-state index < -0.39 is 11.6 Å². The number of carbonyl (C=O) groups is 1. The maximum absolute atomic E-state index is 13.8. The van der Waals surface area contributed by atoms with Gasteiger partial charge in [0.1, 0.15) is 11.6 Å². The Hall–Kier alpha value is -2.60. The van der Waals surface area contributed by atoms with Crippen LogP contribution in [0.4, 0.5) is 8.78 Å². The third kappa shape index (κ3) is 3.65. The number of hydrogen-bond donors (Lipinski definition) is 1. The Labute approximate surface area is 142 Å². The Balaban J connectivity index is 1.62. The van der Waals surface area contributed by atoms with Gasteiger partial charge >= 0.3 is 0 Å². The number of amides is 1. The van der Waals surface area contributed by atoms with Gasteiger partial charge in [-0.1, -0.05) is 24.3 Å². The monoisotopic (exact) mass is 344 g/mol. The summed E-state index contributed by atoms with van der Waals surface area (Å²) in [5.74, 6) is -1.43. The van der Waals surface area contributed by atoms with Gasteiger partial charge in [0.2, 0.25) is 0 Å². The molecule has 0 aliphatic carbocycles. The summed E-state index contributed by atoms with van der Waals surface area (Å²) in [4.78, 5) is 16.2. The molecule has 0 saturated carbocycles. The molecule has 0 aliphatic heterocycles. The Kier molecular flexibility index (Phi) is 4.96. The molecule has 0 radical (unpaired) electrons. The number of thiazole rings is 1. The molecule has 0 bridgehead atoms. The highest BCUT2D eigenvalue weighted by Gasteiger charge is 2.14. The first-order valence-corrected chi connectivity index (χ1v) is 8.25. The molecule has 1 aromatic heterocycles. The van der Waals surface area contributed by atoms with E-state index in [-0.39, 0.29) is 17.2 Å². The van der Waals surface area contributed by atoms with Crippen molar-refractivity contribution in [3.8, 4) is 11.3 Å². The number of hydrogen-bond acceptors (Lipinski definition) is 3. The van der Waals surface area contributed by atoms with Crippen molar-refractivity contribution >= 4 is 17.2 Å². The lowest BCUT2D eigenvalue weighted by molar-refractivity contribution is 0.0954. The Bertz CT molecular complexity index is 829. The highest BCUT2D eigenvalue weighted by atomic mass is 32.1. The third-order valence-corrected chi connectivity index (χ3v) is 4.34. The zero-order valence-corrected chi connectivity index (χ0v) is 13.4. The number of benzene rings is 2. The molecule has 3 aromatic rings. The van der Waals surface area contributed by atoms with Crippen LogP contribution in [0.3, 0.4) is 0 Å². The van der Waals surface area contributed by atoms with Crippen LogP contribution in [-0.2, 0) is 6.42 Å².